The van der Waals surface area contributed by atoms with Crippen molar-refractivity contribution in [3.05, 3.63) is 42.0 Å². The summed E-state index contributed by atoms with van der Waals surface area (Å²) in [6.45, 7) is 10.5. The fourth-order valence-corrected chi connectivity index (χ4v) is 3.19. The molecule has 7 heteroatoms. The highest BCUT2D eigenvalue weighted by Crippen LogP contribution is 2.28. The van der Waals surface area contributed by atoms with Crippen LogP contribution in [0.3, 0.4) is 0 Å². The summed E-state index contributed by atoms with van der Waals surface area (Å²) in [5.74, 6) is 0.668. The Morgan fingerprint density at radius 2 is 1.73 bits per heavy atom. The molecule has 0 radical (unpaired) electrons. The van der Waals surface area contributed by atoms with Crippen LogP contribution in [0.5, 0.6) is 0 Å². The fourth-order valence-electron chi connectivity index (χ4n) is 3.19. The van der Waals surface area contributed by atoms with Crippen LogP contribution in [0.25, 0.3) is 11.3 Å². The number of benzene rings is 1. The van der Waals surface area contributed by atoms with E-state index < -0.39 is 6.29 Å². The number of aliphatic hydroxyl groups is 1. The van der Waals surface area contributed by atoms with Gasteiger partial charge in [-0.2, -0.15) is 0 Å². The number of aromatic nitrogens is 2. The predicted molar refractivity (Wildman–Crippen MR) is 120 cm³/mol. The molecule has 2 rings (SSSR count). The van der Waals surface area contributed by atoms with Crippen molar-refractivity contribution in [3.8, 4) is 11.3 Å². The summed E-state index contributed by atoms with van der Waals surface area (Å²) >= 11 is 0. The molecule has 0 amide bonds. The largest absolute Gasteiger partial charge is 0.395 e. The van der Waals surface area contributed by atoms with Crippen LogP contribution in [-0.2, 0) is 9.47 Å². The maximum absolute atomic E-state index is 9.31. The molecule has 0 fully saturated rings. The van der Waals surface area contributed by atoms with Gasteiger partial charge in [-0.3, -0.25) is 4.90 Å². The Morgan fingerprint density at radius 1 is 1.00 bits per heavy atom. The summed E-state index contributed by atoms with van der Waals surface area (Å²) < 4.78 is 11.7. The Bertz CT molecular complexity index is 709. The zero-order valence-corrected chi connectivity index (χ0v) is 18.5. The van der Waals surface area contributed by atoms with E-state index in [1.54, 1.807) is 0 Å². The number of nitrogens with zero attached hydrogens (tertiary/aromatic N) is 3. The van der Waals surface area contributed by atoms with E-state index in [2.05, 4.69) is 27.3 Å². The van der Waals surface area contributed by atoms with Gasteiger partial charge in [-0.1, -0.05) is 43.7 Å². The van der Waals surface area contributed by atoms with Crippen LogP contribution in [0.1, 0.15) is 45.5 Å². The summed E-state index contributed by atoms with van der Waals surface area (Å²) in [4.78, 5) is 2.25. The zero-order valence-electron chi connectivity index (χ0n) is 18.5. The average molecular weight is 417 g/mol. The molecular formula is C23H36N4O3. The molecular weight excluding hydrogens is 380 g/mol. The van der Waals surface area contributed by atoms with Gasteiger partial charge in [0.2, 0.25) is 0 Å². The molecule has 0 saturated carbocycles. The van der Waals surface area contributed by atoms with E-state index in [4.69, 9.17) is 9.47 Å². The van der Waals surface area contributed by atoms with Crippen LogP contribution < -0.4 is 5.32 Å². The predicted octanol–water partition coefficient (Wildman–Crippen LogP) is 3.72. The third-order valence-corrected chi connectivity index (χ3v) is 4.75. The van der Waals surface area contributed by atoms with Crippen molar-refractivity contribution < 1.29 is 14.6 Å². The van der Waals surface area contributed by atoms with Gasteiger partial charge in [-0.15, -0.1) is 10.2 Å². The molecule has 1 aromatic heterocycles. The maximum Gasteiger partial charge on any atom is 0.187 e. The molecule has 2 N–H and O–H groups in total. The van der Waals surface area contributed by atoms with E-state index in [1.165, 1.54) is 0 Å². The maximum atomic E-state index is 9.31. The first kappa shape index (κ1) is 24.2. The van der Waals surface area contributed by atoms with Gasteiger partial charge in [0.05, 0.1) is 17.9 Å². The summed E-state index contributed by atoms with van der Waals surface area (Å²) in [5.41, 5.74) is 2.62. The Morgan fingerprint density at radius 3 is 2.37 bits per heavy atom. The first-order valence-electron chi connectivity index (χ1n) is 11.0. The first-order chi connectivity index (χ1) is 14.7. The van der Waals surface area contributed by atoms with Crippen molar-refractivity contribution in [2.24, 2.45) is 0 Å². The van der Waals surface area contributed by atoms with Crippen LogP contribution in [-0.4, -0.2) is 66.2 Å². The van der Waals surface area contributed by atoms with Crippen molar-refractivity contribution in [1.29, 1.82) is 0 Å². The number of ether oxygens (including phenoxy) is 2. The van der Waals surface area contributed by atoms with Crippen molar-refractivity contribution in [3.63, 3.8) is 0 Å². The van der Waals surface area contributed by atoms with Gasteiger partial charge < -0.3 is 19.9 Å². The molecule has 1 aromatic carbocycles. The molecule has 2 aromatic rings. The van der Waals surface area contributed by atoms with Gasteiger partial charge in [-0.25, -0.2) is 0 Å². The second-order valence-electron chi connectivity index (χ2n) is 6.99. The van der Waals surface area contributed by atoms with Gasteiger partial charge in [0.25, 0.3) is 0 Å². The van der Waals surface area contributed by atoms with E-state index in [0.29, 0.717) is 32.1 Å². The van der Waals surface area contributed by atoms with E-state index in [1.807, 2.05) is 50.2 Å². The van der Waals surface area contributed by atoms with Crippen LogP contribution >= 0.6 is 0 Å². The minimum atomic E-state index is -0.505. The highest BCUT2D eigenvalue weighted by atomic mass is 16.7. The van der Waals surface area contributed by atoms with Gasteiger partial charge in [0.15, 0.2) is 12.1 Å². The smallest absolute Gasteiger partial charge is 0.187 e. The minimum absolute atomic E-state index is 0.164. The van der Waals surface area contributed by atoms with Crippen LogP contribution in [0.4, 0.5) is 5.82 Å². The van der Waals surface area contributed by atoms with Gasteiger partial charge >= 0.3 is 0 Å². The Kier molecular flexibility index (Phi) is 11.3. The van der Waals surface area contributed by atoms with E-state index in [9.17, 15) is 5.11 Å². The lowest BCUT2D eigenvalue weighted by atomic mass is 10.1. The average Bonchev–Trinajstić information content (AvgIpc) is 2.78. The van der Waals surface area contributed by atoms with Crippen molar-refractivity contribution in [1.82, 2.24) is 15.1 Å². The van der Waals surface area contributed by atoms with Gasteiger partial charge in [0.1, 0.15) is 0 Å². The number of unbranched alkanes of at least 4 members (excludes halogenated alkanes) is 1. The number of aliphatic hydroxyl groups excluding tert-OH is 1. The second-order valence-corrected chi connectivity index (χ2v) is 6.99. The lowest BCUT2D eigenvalue weighted by Crippen LogP contribution is -2.33. The standard InChI is InChI=1S/C23H36N4O3/c1-4-7-14-27(16-17-28)15-13-24-22-20(23(29-5-2)30-6-3)18-21(25-26-22)19-11-9-8-10-12-19/h8-12,18,23,28H,4-7,13-17H2,1-3H3,(H,24,26). The Balaban J connectivity index is 2.19. The number of hydrogen-bond acceptors (Lipinski definition) is 7. The summed E-state index contributed by atoms with van der Waals surface area (Å²) in [6.07, 6.45) is 1.75. The number of rotatable bonds is 15. The monoisotopic (exact) mass is 416 g/mol. The molecule has 1 heterocycles. The van der Waals surface area contributed by atoms with E-state index in [0.717, 1.165) is 42.8 Å². The third kappa shape index (κ3) is 7.65. The van der Waals surface area contributed by atoms with Gasteiger partial charge in [-0.05, 0) is 32.9 Å². The summed E-state index contributed by atoms with van der Waals surface area (Å²) in [6, 6.07) is 12.0. The molecule has 0 aliphatic rings. The summed E-state index contributed by atoms with van der Waals surface area (Å²) in [7, 11) is 0. The normalized spacial score (nSPS) is 11.4. The van der Waals surface area contributed by atoms with Crippen LogP contribution in [0.15, 0.2) is 36.4 Å². The quantitative estimate of drug-likeness (QED) is 0.428. The molecule has 0 aliphatic carbocycles. The van der Waals surface area contributed by atoms with Crippen molar-refractivity contribution in [2.45, 2.75) is 39.9 Å². The van der Waals surface area contributed by atoms with Crippen molar-refractivity contribution in [2.75, 3.05) is 51.3 Å². The van der Waals surface area contributed by atoms with E-state index >= 15 is 0 Å². The number of hydrogen-bond donors (Lipinski definition) is 2. The summed E-state index contributed by atoms with van der Waals surface area (Å²) in [5, 5.41) is 21.6. The highest BCUT2D eigenvalue weighted by molar-refractivity contribution is 5.61. The van der Waals surface area contributed by atoms with Crippen molar-refractivity contribution >= 4 is 5.82 Å². The molecule has 0 spiro atoms. The third-order valence-electron chi connectivity index (χ3n) is 4.75. The Hall–Kier alpha value is -2.06. The fraction of sp³-hybridized carbons (Fsp3) is 0.565. The lowest BCUT2D eigenvalue weighted by molar-refractivity contribution is -0.140. The number of anilines is 1. The van der Waals surface area contributed by atoms with Crippen LogP contribution in [0, 0.1) is 0 Å². The molecule has 0 atom stereocenters. The zero-order chi connectivity index (χ0) is 21.6. The van der Waals surface area contributed by atoms with E-state index in [-0.39, 0.29) is 6.61 Å². The minimum Gasteiger partial charge on any atom is -0.395 e. The molecule has 166 valence electrons. The SMILES string of the molecule is CCCCN(CCO)CCNc1nnc(-c2ccccc2)cc1C(OCC)OCC. The highest BCUT2D eigenvalue weighted by Gasteiger charge is 2.19. The Labute approximate surface area is 180 Å². The first-order valence-corrected chi connectivity index (χ1v) is 11.0. The van der Waals surface area contributed by atoms with Crippen LogP contribution in [0.2, 0.25) is 0 Å². The molecule has 0 aliphatic heterocycles. The molecule has 0 saturated heterocycles. The molecule has 0 bridgehead atoms. The van der Waals surface area contributed by atoms with Gasteiger partial charge in [0, 0.05) is 38.4 Å². The number of nitrogens with one attached hydrogen (secondary N) is 1. The second kappa shape index (κ2) is 14.0. The molecule has 0 unspecified atom stereocenters. The molecule has 30 heavy (non-hydrogen) atoms. The lowest BCUT2D eigenvalue weighted by Gasteiger charge is -2.23. The topological polar surface area (TPSA) is 79.7 Å². The molecule has 7 nitrogen and oxygen atoms in total.